The van der Waals surface area contributed by atoms with Crippen LogP contribution in [0, 0.1) is 5.92 Å². The first-order chi connectivity index (χ1) is 11.3. The standard InChI is InChI=1S/C22H28S2/c1-21(2,16-4-8-19(23)9-5-16)17-12-14-22(3,15-13-17)18-6-10-20(24)11-7-18/h4-11,17,23-24H,12-15H2,1-3H3. The van der Waals surface area contributed by atoms with Crippen LogP contribution < -0.4 is 0 Å². The maximum absolute atomic E-state index is 4.42. The molecule has 0 saturated heterocycles. The molecule has 0 heterocycles. The van der Waals surface area contributed by atoms with Crippen molar-refractivity contribution in [2.24, 2.45) is 5.92 Å². The van der Waals surface area contributed by atoms with Gasteiger partial charge in [-0.2, -0.15) is 0 Å². The largest absolute Gasteiger partial charge is 0.143 e. The van der Waals surface area contributed by atoms with Crippen molar-refractivity contribution < 1.29 is 0 Å². The van der Waals surface area contributed by atoms with E-state index in [4.69, 9.17) is 0 Å². The van der Waals surface area contributed by atoms with Gasteiger partial charge in [-0.25, -0.2) is 0 Å². The van der Waals surface area contributed by atoms with Crippen LogP contribution in [0.1, 0.15) is 57.6 Å². The molecule has 1 aliphatic rings. The summed E-state index contributed by atoms with van der Waals surface area (Å²) in [5.41, 5.74) is 3.44. The third-order valence-corrected chi connectivity index (χ3v) is 6.88. The second-order valence-electron chi connectivity index (χ2n) is 8.15. The molecule has 0 aromatic heterocycles. The first-order valence-corrected chi connectivity index (χ1v) is 9.80. The predicted molar refractivity (Wildman–Crippen MR) is 110 cm³/mol. The van der Waals surface area contributed by atoms with E-state index < -0.39 is 0 Å². The van der Waals surface area contributed by atoms with E-state index in [-0.39, 0.29) is 5.41 Å². The molecule has 0 radical (unpaired) electrons. The quantitative estimate of drug-likeness (QED) is 0.562. The highest BCUT2D eigenvalue weighted by Crippen LogP contribution is 2.47. The van der Waals surface area contributed by atoms with Crippen molar-refractivity contribution in [1.82, 2.24) is 0 Å². The molecule has 0 bridgehead atoms. The van der Waals surface area contributed by atoms with Crippen molar-refractivity contribution >= 4 is 25.3 Å². The van der Waals surface area contributed by atoms with Crippen LogP contribution >= 0.6 is 25.3 Å². The second kappa shape index (κ2) is 6.80. The molecule has 1 aliphatic carbocycles. The topological polar surface area (TPSA) is 0 Å². The summed E-state index contributed by atoms with van der Waals surface area (Å²) in [5, 5.41) is 0. The molecule has 0 amide bonds. The van der Waals surface area contributed by atoms with Crippen molar-refractivity contribution in [1.29, 1.82) is 0 Å². The van der Waals surface area contributed by atoms with Gasteiger partial charge < -0.3 is 0 Å². The molecule has 3 rings (SSSR count). The van der Waals surface area contributed by atoms with Gasteiger partial charge in [0.05, 0.1) is 0 Å². The lowest BCUT2D eigenvalue weighted by atomic mass is 9.60. The molecule has 0 unspecified atom stereocenters. The smallest absolute Gasteiger partial charge is 0.00401 e. The van der Waals surface area contributed by atoms with Gasteiger partial charge in [0.2, 0.25) is 0 Å². The highest BCUT2D eigenvalue weighted by atomic mass is 32.1. The first-order valence-electron chi connectivity index (χ1n) is 8.90. The number of rotatable bonds is 3. The molecule has 0 aliphatic heterocycles. The van der Waals surface area contributed by atoms with E-state index in [1.807, 2.05) is 0 Å². The zero-order valence-corrected chi connectivity index (χ0v) is 16.7. The number of thiol groups is 2. The van der Waals surface area contributed by atoms with Crippen LogP contribution in [-0.2, 0) is 10.8 Å². The normalized spacial score (nSPS) is 24.8. The Balaban J connectivity index is 1.74. The van der Waals surface area contributed by atoms with E-state index in [9.17, 15) is 0 Å². The Labute approximate surface area is 157 Å². The molecule has 0 spiro atoms. The van der Waals surface area contributed by atoms with E-state index in [0.717, 1.165) is 15.7 Å². The monoisotopic (exact) mass is 356 g/mol. The van der Waals surface area contributed by atoms with Crippen LogP contribution in [0.4, 0.5) is 0 Å². The highest BCUT2D eigenvalue weighted by molar-refractivity contribution is 7.80. The number of hydrogen-bond donors (Lipinski definition) is 2. The van der Waals surface area contributed by atoms with Crippen LogP contribution in [0.25, 0.3) is 0 Å². The minimum absolute atomic E-state index is 0.220. The molecule has 0 atom stereocenters. The van der Waals surface area contributed by atoms with Crippen LogP contribution in [0.15, 0.2) is 58.3 Å². The molecule has 1 saturated carbocycles. The van der Waals surface area contributed by atoms with Gasteiger partial charge in [0, 0.05) is 9.79 Å². The summed E-state index contributed by atoms with van der Waals surface area (Å²) < 4.78 is 0. The average molecular weight is 357 g/mol. The summed E-state index contributed by atoms with van der Waals surface area (Å²) in [7, 11) is 0. The lowest BCUT2D eigenvalue weighted by Crippen LogP contribution is -2.36. The van der Waals surface area contributed by atoms with Gasteiger partial charge >= 0.3 is 0 Å². The summed E-state index contributed by atoms with van der Waals surface area (Å²) in [4.78, 5) is 2.09. The Hall–Kier alpha value is -0.860. The minimum atomic E-state index is 0.220. The molecule has 128 valence electrons. The van der Waals surface area contributed by atoms with Crippen molar-refractivity contribution in [2.45, 2.75) is 67.1 Å². The lowest BCUT2D eigenvalue weighted by molar-refractivity contribution is 0.178. The number of hydrogen-bond acceptors (Lipinski definition) is 2. The van der Waals surface area contributed by atoms with E-state index in [2.05, 4.69) is 94.6 Å². The molecular weight excluding hydrogens is 328 g/mol. The third kappa shape index (κ3) is 3.55. The fraction of sp³-hybridized carbons (Fsp3) is 0.455. The Morgan fingerprint density at radius 3 is 1.79 bits per heavy atom. The van der Waals surface area contributed by atoms with Gasteiger partial charge in [-0.3, -0.25) is 0 Å². The van der Waals surface area contributed by atoms with Crippen molar-refractivity contribution in [3.8, 4) is 0 Å². The van der Waals surface area contributed by atoms with E-state index in [0.29, 0.717) is 5.41 Å². The Morgan fingerprint density at radius 2 is 1.29 bits per heavy atom. The molecule has 1 fully saturated rings. The van der Waals surface area contributed by atoms with Crippen LogP contribution in [-0.4, -0.2) is 0 Å². The first kappa shape index (κ1) is 17.9. The SMILES string of the molecule is CC1(c2ccc(S)cc2)CCC(C(C)(C)c2ccc(S)cc2)CC1. The van der Waals surface area contributed by atoms with Gasteiger partial charge in [-0.15, -0.1) is 25.3 Å². The molecular formula is C22H28S2. The summed E-state index contributed by atoms with van der Waals surface area (Å²) in [6, 6.07) is 17.5. The third-order valence-electron chi connectivity index (χ3n) is 6.29. The minimum Gasteiger partial charge on any atom is -0.143 e. The highest BCUT2D eigenvalue weighted by Gasteiger charge is 2.39. The van der Waals surface area contributed by atoms with Gasteiger partial charge in [-0.1, -0.05) is 45.0 Å². The second-order valence-corrected chi connectivity index (χ2v) is 9.18. The molecule has 0 nitrogen and oxygen atoms in total. The molecule has 24 heavy (non-hydrogen) atoms. The van der Waals surface area contributed by atoms with E-state index in [1.165, 1.54) is 36.8 Å². The number of benzene rings is 2. The Kier molecular flexibility index (Phi) is 5.09. The lowest BCUT2D eigenvalue weighted by Gasteiger charge is -2.44. The molecule has 2 aromatic rings. The van der Waals surface area contributed by atoms with Crippen molar-refractivity contribution in [2.75, 3.05) is 0 Å². The van der Waals surface area contributed by atoms with Gasteiger partial charge in [0.1, 0.15) is 0 Å². The fourth-order valence-corrected chi connectivity index (χ4v) is 4.55. The van der Waals surface area contributed by atoms with Gasteiger partial charge in [0.15, 0.2) is 0 Å². The Bertz CT molecular complexity index is 675. The zero-order chi connectivity index (χ0) is 17.4. The molecule has 2 aromatic carbocycles. The Morgan fingerprint density at radius 1 is 0.833 bits per heavy atom. The summed E-state index contributed by atoms with van der Waals surface area (Å²) in [5.74, 6) is 0.737. The average Bonchev–Trinajstić information content (AvgIpc) is 2.56. The zero-order valence-electron chi connectivity index (χ0n) is 14.9. The summed E-state index contributed by atoms with van der Waals surface area (Å²) >= 11 is 8.84. The molecule has 2 heteroatoms. The van der Waals surface area contributed by atoms with Crippen molar-refractivity contribution in [3.05, 3.63) is 59.7 Å². The summed E-state index contributed by atoms with van der Waals surface area (Å²) in [6.07, 6.45) is 5.10. The predicted octanol–water partition coefficient (Wildman–Crippen LogP) is 6.69. The van der Waals surface area contributed by atoms with E-state index in [1.54, 1.807) is 0 Å². The van der Waals surface area contributed by atoms with Crippen LogP contribution in [0.5, 0.6) is 0 Å². The summed E-state index contributed by atoms with van der Waals surface area (Å²) in [6.45, 7) is 7.24. The molecule has 0 N–H and O–H groups in total. The van der Waals surface area contributed by atoms with Crippen LogP contribution in [0.3, 0.4) is 0 Å². The van der Waals surface area contributed by atoms with Crippen LogP contribution in [0.2, 0.25) is 0 Å². The maximum atomic E-state index is 4.42. The van der Waals surface area contributed by atoms with Gasteiger partial charge in [0.25, 0.3) is 0 Å². The van der Waals surface area contributed by atoms with Crippen molar-refractivity contribution in [3.63, 3.8) is 0 Å². The van der Waals surface area contributed by atoms with E-state index >= 15 is 0 Å². The van der Waals surface area contributed by atoms with Gasteiger partial charge in [-0.05, 0) is 77.8 Å². The fourth-order valence-electron chi connectivity index (χ4n) is 4.26. The maximum Gasteiger partial charge on any atom is 0.00401 e.